The highest BCUT2D eigenvalue weighted by atomic mass is 32.2. The predicted octanol–water partition coefficient (Wildman–Crippen LogP) is 0.113. The van der Waals surface area contributed by atoms with Crippen LogP contribution in [0.25, 0.3) is 0 Å². The lowest BCUT2D eigenvalue weighted by Crippen LogP contribution is -2.46. The van der Waals surface area contributed by atoms with Gasteiger partial charge in [-0.25, -0.2) is 0 Å². The van der Waals surface area contributed by atoms with E-state index in [-0.39, 0.29) is 43.4 Å². The third-order valence-corrected chi connectivity index (χ3v) is 4.42. The second-order valence-electron chi connectivity index (χ2n) is 6.20. The smallest absolute Gasteiger partial charge is 0.242 e. The van der Waals surface area contributed by atoms with Gasteiger partial charge in [0.25, 0.3) is 0 Å². The summed E-state index contributed by atoms with van der Waals surface area (Å²) in [6.45, 7) is 4.86. The first-order valence-electron chi connectivity index (χ1n) is 8.12. The minimum atomic E-state index is -0.252. The third kappa shape index (κ3) is 9.77. The summed E-state index contributed by atoms with van der Waals surface area (Å²) in [6.07, 6.45) is 2.93. The van der Waals surface area contributed by atoms with Crippen molar-refractivity contribution >= 4 is 29.5 Å². The second kappa shape index (κ2) is 12.1. The molecule has 0 radical (unpaired) electrons. The molecular formula is C16H32N4O3S. The van der Waals surface area contributed by atoms with Crippen molar-refractivity contribution in [3.8, 4) is 0 Å². The van der Waals surface area contributed by atoms with Crippen LogP contribution in [-0.4, -0.2) is 97.8 Å². The maximum atomic E-state index is 12.1. The van der Waals surface area contributed by atoms with E-state index in [4.69, 9.17) is 0 Å². The van der Waals surface area contributed by atoms with E-state index in [1.54, 1.807) is 25.9 Å². The van der Waals surface area contributed by atoms with E-state index in [1.807, 2.05) is 32.1 Å². The fourth-order valence-corrected chi connectivity index (χ4v) is 2.17. The number of thioether (sulfide) groups is 1. The summed E-state index contributed by atoms with van der Waals surface area (Å²) in [6, 6.07) is 0.260. The van der Waals surface area contributed by atoms with Crippen LogP contribution in [0.15, 0.2) is 0 Å². The van der Waals surface area contributed by atoms with Gasteiger partial charge in [-0.15, -0.1) is 0 Å². The Bertz CT molecular complexity index is 418. The Morgan fingerprint density at radius 2 is 1.50 bits per heavy atom. The molecule has 0 bridgehead atoms. The maximum Gasteiger partial charge on any atom is 0.242 e. The lowest BCUT2D eigenvalue weighted by Gasteiger charge is -2.25. The Balaban J connectivity index is 4.20. The topological polar surface area (TPSA) is 73.0 Å². The Morgan fingerprint density at radius 3 is 2.04 bits per heavy atom. The zero-order valence-electron chi connectivity index (χ0n) is 15.8. The minimum absolute atomic E-state index is 0.00598. The van der Waals surface area contributed by atoms with Gasteiger partial charge in [-0.1, -0.05) is 0 Å². The monoisotopic (exact) mass is 360 g/mol. The molecule has 0 spiro atoms. The second-order valence-corrected chi connectivity index (χ2v) is 7.19. The number of hydrogen-bond donors (Lipinski definition) is 1. The van der Waals surface area contributed by atoms with Gasteiger partial charge >= 0.3 is 0 Å². The molecule has 0 atom stereocenters. The van der Waals surface area contributed by atoms with Crippen molar-refractivity contribution in [3.05, 3.63) is 0 Å². The summed E-state index contributed by atoms with van der Waals surface area (Å²) >= 11 is 1.73. The lowest BCUT2D eigenvalue weighted by atomic mass is 10.3. The molecule has 1 N–H and O–H groups in total. The van der Waals surface area contributed by atoms with Crippen LogP contribution >= 0.6 is 11.8 Å². The number of likely N-dealkylation sites (N-methyl/N-ethyl adjacent to an activating group) is 3. The molecule has 0 rings (SSSR count). The number of nitrogens with one attached hydrogen (secondary N) is 1. The predicted molar refractivity (Wildman–Crippen MR) is 99.0 cm³/mol. The van der Waals surface area contributed by atoms with Crippen molar-refractivity contribution < 1.29 is 14.4 Å². The SMILES string of the molecule is CSCCCNC(=O)CN(C)C(=O)CN(C)C(=O)CN(C)C(C)C. The molecule has 0 unspecified atom stereocenters. The number of carbonyl (C=O) groups excluding carboxylic acids is 3. The molecular weight excluding hydrogens is 328 g/mol. The summed E-state index contributed by atoms with van der Waals surface area (Å²) < 4.78 is 0. The van der Waals surface area contributed by atoms with Gasteiger partial charge in [0.15, 0.2) is 0 Å². The van der Waals surface area contributed by atoms with E-state index in [0.717, 1.165) is 12.2 Å². The third-order valence-electron chi connectivity index (χ3n) is 3.72. The number of rotatable bonds is 11. The van der Waals surface area contributed by atoms with Gasteiger partial charge in [0.05, 0.1) is 19.6 Å². The minimum Gasteiger partial charge on any atom is -0.355 e. The number of carbonyl (C=O) groups is 3. The van der Waals surface area contributed by atoms with Gasteiger partial charge in [-0.3, -0.25) is 19.3 Å². The van der Waals surface area contributed by atoms with Crippen molar-refractivity contribution in [1.29, 1.82) is 0 Å². The molecule has 140 valence electrons. The molecule has 0 fully saturated rings. The van der Waals surface area contributed by atoms with Crippen LogP contribution in [0.3, 0.4) is 0 Å². The molecule has 0 aromatic carbocycles. The zero-order chi connectivity index (χ0) is 18.7. The normalized spacial score (nSPS) is 10.8. The van der Waals surface area contributed by atoms with Gasteiger partial charge < -0.3 is 15.1 Å². The highest BCUT2D eigenvalue weighted by Gasteiger charge is 2.19. The largest absolute Gasteiger partial charge is 0.355 e. The van der Waals surface area contributed by atoms with Crippen LogP contribution in [0, 0.1) is 0 Å². The lowest BCUT2D eigenvalue weighted by molar-refractivity contribution is -0.140. The fraction of sp³-hybridized carbons (Fsp3) is 0.812. The van der Waals surface area contributed by atoms with E-state index >= 15 is 0 Å². The summed E-state index contributed by atoms with van der Waals surface area (Å²) in [5, 5.41) is 2.78. The first-order valence-corrected chi connectivity index (χ1v) is 9.52. The van der Waals surface area contributed by atoms with Gasteiger partial charge in [0.1, 0.15) is 0 Å². The average molecular weight is 361 g/mol. The molecule has 0 heterocycles. The summed E-state index contributed by atoms with van der Waals surface area (Å²) in [5.74, 6) is 0.444. The summed E-state index contributed by atoms with van der Waals surface area (Å²) in [7, 11) is 5.04. The van der Waals surface area contributed by atoms with Crippen LogP contribution in [0.1, 0.15) is 20.3 Å². The molecule has 0 aliphatic heterocycles. The molecule has 8 heteroatoms. The molecule has 0 saturated heterocycles. The number of amides is 3. The Kier molecular flexibility index (Phi) is 11.5. The van der Waals surface area contributed by atoms with Gasteiger partial charge in [-0.05, 0) is 39.3 Å². The van der Waals surface area contributed by atoms with E-state index in [9.17, 15) is 14.4 Å². The standard InChI is InChI=1S/C16H32N4O3S/c1-13(2)18(3)11-15(22)20(5)12-16(23)19(4)10-14(21)17-8-7-9-24-6/h13H,7-12H2,1-6H3,(H,17,21). The summed E-state index contributed by atoms with van der Waals surface area (Å²) in [4.78, 5) is 40.6. The van der Waals surface area contributed by atoms with E-state index in [2.05, 4.69) is 5.32 Å². The Hall–Kier alpha value is -1.28. The Morgan fingerprint density at radius 1 is 0.958 bits per heavy atom. The van der Waals surface area contributed by atoms with E-state index in [1.165, 1.54) is 9.80 Å². The van der Waals surface area contributed by atoms with E-state index < -0.39 is 0 Å². The van der Waals surface area contributed by atoms with Crippen molar-refractivity contribution in [2.45, 2.75) is 26.3 Å². The number of nitrogens with zero attached hydrogens (tertiary/aromatic N) is 3. The van der Waals surface area contributed by atoms with Crippen molar-refractivity contribution in [2.24, 2.45) is 0 Å². The molecule has 7 nitrogen and oxygen atoms in total. The highest BCUT2D eigenvalue weighted by molar-refractivity contribution is 7.98. The van der Waals surface area contributed by atoms with Crippen molar-refractivity contribution in [2.75, 3.05) is 59.3 Å². The molecule has 3 amide bonds. The molecule has 0 aliphatic carbocycles. The molecule has 0 aromatic rings. The van der Waals surface area contributed by atoms with Crippen molar-refractivity contribution in [3.63, 3.8) is 0 Å². The van der Waals surface area contributed by atoms with Crippen LogP contribution < -0.4 is 5.32 Å². The maximum absolute atomic E-state index is 12.1. The Labute approximate surface area is 150 Å². The quantitative estimate of drug-likeness (QED) is 0.530. The summed E-state index contributed by atoms with van der Waals surface area (Å²) in [5.41, 5.74) is 0. The molecule has 0 saturated carbocycles. The average Bonchev–Trinajstić information content (AvgIpc) is 2.50. The van der Waals surface area contributed by atoms with Gasteiger partial charge in [0, 0.05) is 26.7 Å². The molecule has 0 aromatic heterocycles. The van der Waals surface area contributed by atoms with Crippen LogP contribution in [-0.2, 0) is 14.4 Å². The number of hydrogen-bond acceptors (Lipinski definition) is 5. The van der Waals surface area contributed by atoms with E-state index in [0.29, 0.717) is 6.54 Å². The fourth-order valence-electron chi connectivity index (χ4n) is 1.73. The van der Waals surface area contributed by atoms with Crippen molar-refractivity contribution in [1.82, 2.24) is 20.0 Å². The van der Waals surface area contributed by atoms with Crippen LogP contribution in [0.5, 0.6) is 0 Å². The van der Waals surface area contributed by atoms with Gasteiger partial charge in [0.2, 0.25) is 17.7 Å². The van der Waals surface area contributed by atoms with Crippen LogP contribution in [0.4, 0.5) is 0 Å². The first kappa shape index (κ1) is 22.7. The zero-order valence-corrected chi connectivity index (χ0v) is 16.6. The molecule has 24 heavy (non-hydrogen) atoms. The van der Waals surface area contributed by atoms with Gasteiger partial charge in [-0.2, -0.15) is 11.8 Å². The van der Waals surface area contributed by atoms with Crippen LogP contribution in [0.2, 0.25) is 0 Å². The highest BCUT2D eigenvalue weighted by Crippen LogP contribution is 1.97. The first-order chi connectivity index (χ1) is 11.2. The molecule has 0 aliphatic rings.